The monoisotopic (exact) mass is 346 g/mol. The fourth-order valence-electron chi connectivity index (χ4n) is 2.54. The van der Waals surface area contributed by atoms with Crippen LogP contribution in [0.5, 0.6) is 0 Å². The van der Waals surface area contributed by atoms with Crippen molar-refractivity contribution in [3.8, 4) is 0 Å². The second kappa shape index (κ2) is 5.91. The lowest BCUT2D eigenvalue weighted by molar-refractivity contribution is 0.379. The molecule has 1 atom stereocenters. The summed E-state index contributed by atoms with van der Waals surface area (Å²) in [6.07, 6.45) is 2.75. The van der Waals surface area contributed by atoms with Crippen molar-refractivity contribution >= 4 is 26.0 Å². The third-order valence-corrected chi connectivity index (χ3v) is 6.54. The molecule has 1 aliphatic rings. The number of halogens is 1. The van der Waals surface area contributed by atoms with Gasteiger partial charge in [-0.15, -0.1) is 0 Å². The van der Waals surface area contributed by atoms with Gasteiger partial charge in [-0.05, 0) is 52.9 Å². The van der Waals surface area contributed by atoms with E-state index in [9.17, 15) is 8.42 Å². The van der Waals surface area contributed by atoms with Crippen LogP contribution >= 0.6 is 15.9 Å². The molecule has 0 radical (unpaired) electrons. The smallest absolute Gasteiger partial charge is 0.244 e. The first kappa shape index (κ1) is 15.0. The maximum absolute atomic E-state index is 12.7. The molecule has 1 aliphatic heterocycles. The molecule has 1 fully saturated rings. The van der Waals surface area contributed by atoms with Crippen LogP contribution in [0.2, 0.25) is 0 Å². The van der Waals surface area contributed by atoms with Gasteiger partial charge in [0.15, 0.2) is 0 Å². The first-order valence-electron chi connectivity index (χ1n) is 6.51. The number of hydrogen-bond acceptors (Lipinski definition) is 3. The predicted molar refractivity (Wildman–Crippen MR) is 79.2 cm³/mol. The van der Waals surface area contributed by atoms with E-state index in [1.165, 1.54) is 0 Å². The van der Waals surface area contributed by atoms with E-state index in [0.29, 0.717) is 22.5 Å². The molecule has 2 N–H and O–H groups in total. The molecule has 1 aromatic carbocycles. The number of rotatable bonds is 4. The summed E-state index contributed by atoms with van der Waals surface area (Å²) in [4.78, 5) is 0.338. The molecule has 0 amide bonds. The van der Waals surface area contributed by atoms with Gasteiger partial charge in [0.25, 0.3) is 0 Å². The van der Waals surface area contributed by atoms with Gasteiger partial charge in [-0.2, -0.15) is 4.31 Å². The summed E-state index contributed by atoms with van der Waals surface area (Å²) in [5.41, 5.74) is 6.48. The summed E-state index contributed by atoms with van der Waals surface area (Å²) in [6.45, 7) is 3.05. The van der Waals surface area contributed by atoms with Crippen molar-refractivity contribution in [2.24, 2.45) is 5.73 Å². The first-order chi connectivity index (χ1) is 9.00. The molecule has 0 bridgehead atoms. The van der Waals surface area contributed by atoms with Crippen LogP contribution in [-0.4, -0.2) is 25.3 Å². The Labute approximate surface area is 123 Å². The van der Waals surface area contributed by atoms with Crippen molar-refractivity contribution in [3.63, 3.8) is 0 Å². The van der Waals surface area contributed by atoms with Gasteiger partial charge in [0.1, 0.15) is 0 Å². The van der Waals surface area contributed by atoms with Gasteiger partial charge in [-0.25, -0.2) is 8.42 Å². The lowest BCUT2D eigenvalue weighted by atomic mass is 10.2. The van der Waals surface area contributed by atoms with Crippen LogP contribution < -0.4 is 5.73 Å². The third-order valence-electron chi connectivity index (χ3n) is 3.61. The zero-order valence-corrected chi connectivity index (χ0v) is 13.4. The van der Waals surface area contributed by atoms with Gasteiger partial charge in [0, 0.05) is 23.6 Å². The Bertz CT molecular complexity index is 560. The minimum Gasteiger partial charge on any atom is -0.326 e. The van der Waals surface area contributed by atoms with E-state index in [1.54, 1.807) is 22.5 Å². The molecule has 4 nitrogen and oxygen atoms in total. The zero-order valence-electron chi connectivity index (χ0n) is 11.0. The van der Waals surface area contributed by atoms with E-state index in [-0.39, 0.29) is 6.04 Å². The Morgan fingerprint density at radius 3 is 2.79 bits per heavy atom. The highest BCUT2D eigenvalue weighted by Gasteiger charge is 2.35. The third kappa shape index (κ3) is 2.86. The fraction of sp³-hybridized carbons (Fsp3) is 0.538. The SMILES string of the molecule is CCC1CCCN1S(=O)(=O)c1ccc(CN)cc1Br. The van der Waals surface area contributed by atoms with Gasteiger partial charge in [-0.1, -0.05) is 13.0 Å². The van der Waals surface area contributed by atoms with Gasteiger partial charge in [-0.3, -0.25) is 0 Å². The number of hydrogen-bond donors (Lipinski definition) is 1. The normalized spacial score (nSPS) is 20.9. The number of nitrogens with zero attached hydrogens (tertiary/aromatic N) is 1. The minimum atomic E-state index is -3.41. The summed E-state index contributed by atoms with van der Waals surface area (Å²) in [5.74, 6) is 0. The van der Waals surface area contributed by atoms with E-state index in [2.05, 4.69) is 15.9 Å². The van der Waals surface area contributed by atoms with Crippen LogP contribution in [0.3, 0.4) is 0 Å². The summed E-state index contributed by atoms with van der Waals surface area (Å²) in [5, 5.41) is 0. The van der Waals surface area contributed by atoms with E-state index < -0.39 is 10.0 Å². The van der Waals surface area contributed by atoms with E-state index in [1.807, 2.05) is 6.92 Å². The Balaban J connectivity index is 2.39. The molecule has 6 heteroatoms. The molecular formula is C13H19BrN2O2S. The fourth-order valence-corrected chi connectivity index (χ4v) is 5.39. The Kier molecular flexibility index (Phi) is 4.66. The number of sulfonamides is 1. The molecule has 1 aromatic rings. The van der Waals surface area contributed by atoms with Gasteiger partial charge >= 0.3 is 0 Å². The van der Waals surface area contributed by atoms with Crippen molar-refractivity contribution in [3.05, 3.63) is 28.2 Å². The van der Waals surface area contributed by atoms with Gasteiger partial charge in [0.05, 0.1) is 4.90 Å². The largest absolute Gasteiger partial charge is 0.326 e. The maximum Gasteiger partial charge on any atom is 0.244 e. The molecule has 2 rings (SSSR count). The molecule has 0 aromatic heterocycles. The summed E-state index contributed by atoms with van der Waals surface area (Å²) in [7, 11) is -3.41. The van der Waals surface area contributed by atoms with Crippen LogP contribution in [0.1, 0.15) is 31.7 Å². The van der Waals surface area contributed by atoms with Gasteiger partial charge < -0.3 is 5.73 Å². The molecule has 0 aliphatic carbocycles. The molecule has 0 saturated carbocycles. The van der Waals surface area contributed by atoms with E-state index in [4.69, 9.17) is 5.73 Å². The predicted octanol–water partition coefficient (Wildman–Crippen LogP) is 2.47. The van der Waals surface area contributed by atoms with Crippen molar-refractivity contribution < 1.29 is 8.42 Å². The molecule has 19 heavy (non-hydrogen) atoms. The Hall–Kier alpha value is -0.430. The molecule has 1 saturated heterocycles. The lowest BCUT2D eigenvalue weighted by Gasteiger charge is -2.23. The zero-order chi connectivity index (χ0) is 14.0. The highest BCUT2D eigenvalue weighted by atomic mass is 79.9. The summed E-state index contributed by atoms with van der Waals surface area (Å²) in [6, 6.07) is 5.33. The van der Waals surface area contributed by atoms with Crippen molar-refractivity contribution in [2.45, 2.75) is 43.7 Å². The average Bonchev–Trinajstić information content (AvgIpc) is 2.87. The maximum atomic E-state index is 12.7. The molecule has 1 unspecified atom stereocenters. The van der Waals surface area contributed by atoms with Crippen molar-refractivity contribution in [1.82, 2.24) is 4.31 Å². The van der Waals surface area contributed by atoms with Crippen LogP contribution in [0.4, 0.5) is 0 Å². The number of nitrogens with two attached hydrogens (primary N) is 1. The van der Waals surface area contributed by atoms with Crippen molar-refractivity contribution in [2.75, 3.05) is 6.54 Å². The highest BCUT2D eigenvalue weighted by Crippen LogP contribution is 2.31. The molecular weight excluding hydrogens is 328 g/mol. The summed E-state index contributed by atoms with van der Waals surface area (Å²) >= 11 is 3.35. The van der Waals surface area contributed by atoms with Gasteiger partial charge in [0.2, 0.25) is 10.0 Å². The second-order valence-corrected chi connectivity index (χ2v) is 7.50. The van der Waals surface area contributed by atoms with Crippen molar-refractivity contribution in [1.29, 1.82) is 0 Å². The standard InChI is InChI=1S/C13H19BrN2O2S/c1-2-11-4-3-7-16(11)19(17,18)13-6-5-10(9-15)8-12(13)14/h5-6,8,11H,2-4,7,9,15H2,1H3. The minimum absolute atomic E-state index is 0.131. The van der Waals surface area contributed by atoms with E-state index >= 15 is 0 Å². The Morgan fingerprint density at radius 1 is 1.47 bits per heavy atom. The molecule has 106 valence electrons. The van der Waals surface area contributed by atoms with Crippen LogP contribution in [0.15, 0.2) is 27.6 Å². The van der Waals surface area contributed by atoms with Crippen LogP contribution in [-0.2, 0) is 16.6 Å². The Morgan fingerprint density at radius 2 is 2.21 bits per heavy atom. The first-order valence-corrected chi connectivity index (χ1v) is 8.74. The average molecular weight is 347 g/mol. The van der Waals surface area contributed by atoms with E-state index in [0.717, 1.165) is 24.8 Å². The topological polar surface area (TPSA) is 63.4 Å². The number of benzene rings is 1. The molecule has 0 spiro atoms. The van der Waals surface area contributed by atoms with Crippen LogP contribution in [0.25, 0.3) is 0 Å². The highest BCUT2D eigenvalue weighted by molar-refractivity contribution is 9.10. The second-order valence-electron chi connectivity index (χ2n) is 4.79. The molecule has 1 heterocycles. The lowest BCUT2D eigenvalue weighted by Crippen LogP contribution is -2.35. The van der Waals surface area contributed by atoms with Crippen LogP contribution in [0, 0.1) is 0 Å². The quantitative estimate of drug-likeness (QED) is 0.910. The summed E-state index contributed by atoms with van der Waals surface area (Å²) < 4.78 is 27.6.